The van der Waals surface area contributed by atoms with Gasteiger partial charge in [0.25, 0.3) is 0 Å². The smallest absolute Gasteiger partial charge is 0.314 e. The van der Waals surface area contributed by atoms with Crippen LogP contribution in [-0.2, 0) is 16.0 Å². The third-order valence-electron chi connectivity index (χ3n) is 3.21. The zero-order valence-corrected chi connectivity index (χ0v) is 14.1. The normalized spacial score (nSPS) is 11.9. The Morgan fingerprint density at radius 1 is 1.41 bits per heavy atom. The van der Waals surface area contributed by atoms with E-state index in [1.54, 1.807) is 22.6 Å². The summed E-state index contributed by atoms with van der Waals surface area (Å²) in [5, 5.41) is 29.6. The highest BCUT2D eigenvalue weighted by Gasteiger charge is 2.26. The van der Waals surface area contributed by atoms with Crippen molar-refractivity contribution in [3.8, 4) is 5.75 Å². The Balaban J connectivity index is 3.00. The van der Waals surface area contributed by atoms with E-state index in [0.717, 1.165) is 12.5 Å². The van der Waals surface area contributed by atoms with Gasteiger partial charge in [0.15, 0.2) is 5.78 Å². The topological polar surface area (TPSA) is 118 Å². The minimum absolute atomic E-state index is 0.211. The van der Waals surface area contributed by atoms with Gasteiger partial charge < -0.3 is 10.2 Å². The fourth-order valence-electron chi connectivity index (χ4n) is 2.04. The quantitative estimate of drug-likeness (QED) is 0.289. The molecule has 1 aromatic rings. The Morgan fingerprint density at radius 3 is 2.55 bits per heavy atom. The molecule has 0 spiro atoms. The fraction of sp³-hybridized carbons (Fsp3) is 0.429. The number of unbranched alkanes of at least 4 members (excludes halogenated alkanes) is 1. The summed E-state index contributed by atoms with van der Waals surface area (Å²) < 4.78 is 0.245. The molecule has 120 valence electrons. The van der Waals surface area contributed by atoms with E-state index in [-0.39, 0.29) is 16.4 Å². The number of halogens is 1. The van der Waals surface area contributed by atoms with E-state index in [1.165, 1.54) is 6.07 Å². The number of ketones is 1. The molecule has 22 heavy (non-hydrogen) atoms. The number of nitro benzene ring substituents is 1. The predicted molar refractivity (Wildman–Crippen MR) is 86.8 cm³/mol. The molecule has 0 bridgehead atoms. The van der Waals surface area contributed by atoms with Gasteiger partial charge in [0.2, 0.25) is 5.75 Å². The molecule has 0 aliphatic carbocycles. The molecular formula is C14H16INO6. The minimum Gasteiger partial charge on any atom is -0.501 e. The van der Waals surface area contributed by atoms with Crippen molar-refractivity contribution < 1.29 is 24.7 Å². The van der Waals surface area contributed by atoms with Crippen LogP contribution in [0.25, 0.3) is 0 Å². The van der Waals surface area contributed by atoms with Gasteiger partial charge in [-0.15, -0.1) is 0 Å². The number of carboxylic acid groups (broad SMARTS) is 1. The largest absolute Gasteiger partial charge is 0.501 e. The van der Waals surface area contributed by atoms with Gasteiger partial charge in [-0.3, -0.25) is 19.7 Å². The highest BCUT2D eigenvalue weighted by molar-refractivity contribution is 14.1. The van der Waals surface area contributed by atoms with Crippen molar-refractivity contribution in [2.24, 2.45) is 5.92 Å². The van der Waals surface area contributed by atoms with Crippen LogP contribution in [0.3, 0.4) is 0 Å². The molecule has 2 N–H and O–H groups in total. The third kappa shape index (κ3) is 4.65. The van der Waals surface area contributed by atoms with Crippen LogP contribution in [0.1, 0.15) is 31.7 Å². The lowest BCUT2D eigenvalue weighted by atomic mass is 9.93. The lowest BCUT2D eigenvalue weighted by molar-refractivity contribution is -0.386. The van der Waals surface area contributed by atoms with Crippen molar-refractivity contribution in [3.63, 3.8) is 0 Å². The molecule has 0 aliphatic heterocycles. The molecule has 0 aromatic heterocycles. The zero-order chi connectivity index (χ0) is 16.9. The molecule has 0 heterocycles. The van der Waals surface area contributed by atoms with E-state index < -0.39 is 34.0 Å². The number of hydrogen-bond donors (Lipinski definition) is 2. The van der Waals surface area contributed by atoms with Gasteiger partial charge in [-0.05, 0) is 40.6 Å². The molecule has 1 rings (SSSR count). The number of benzene rings is 1. The summed E-state index contributed by atoms with van der Waals surface area (Å²) in [5.41, 5.74) is -0.170. The average Bonchev–Trinajstić information content (AvgIpc) is 2.42. The Morgan fingerprint density at radius 2 is 2.05 bits per heavy atom. The van der Waals surface area contributed by atoms with Gasteiger partial charge in [-0.1, -0.05) is 19.8 Å². The number of rotatable bonds is 8. The fourth-order valence-corrected chi connectivity index (χ4v) is 2.71. The van der Waals surface area contributed by atoms with Gasteiger partial charge >= 0.3 is 11.7 Å². The number of phenolic OH excluding ortho intramolecular Hbond substituents is 1. The number of carbonyl (C=O) groups is 2. The molecule has 0 saturated carbocycles. The van der Waals surface area contributed by atoms with E-state index in [2.05, 4.69) is 0 Å². The number of aliphatic carboxylic acids is 1. The van der Waals surface area contributed by atoms with Crippen molar-refractivity contribution in [1.29, 1.82) is 0 Å². The van der Waals surface area contributed by atoms with Crippen LogP contribution in [0, 0.1) is 19.6 Å². The van der Waals surface area contributed by atoms with Gasteiger partial charge in [0.05, 0.1) is 8.49 Å². The van der Waals surface area contributed by atoms with E-state index in [1.807, 2.05) is 6.92 Å². The molecular weight excluding hydrogens is 405 g/mol. The first-order valence-electron chi connectivity index (χ1n) is 6.69. The molecule has 0 radical (unpaired) electrons. The molecule has 1 atom stereocenters. The van der Waals surface area contributed by atoms with Gasteiger partial charge in [0.1, 0.15) is 5.92 Å². The predicted octanol–water partition coefficient (Wildman–Crippen LogP) is 2.91. The molecule has 0 amide bonds. The molecule has 0 aliphatic rings. The highest BCUT2D eigenvalue weighted by atomic mass is 127. The standard InChI is InChI=1S/C14H16INO6/c1-2-3-4-9(14(19)20)12(17)7-8-5-10(15)13(18)11(6-8)16(21)22/h5-6,9,18H,2-4,7H2,1H3,(H,19,20). The summed E-state index contributed by atoms with van der Waals surface area (Å²) >= 11 is 1.73. The molecule has 8 heteroatoms. The SMILES string of the molecule is CCCCC(C(=O)O)C(=O)Cc1cc(I)c(O)c([N+](=O)[O-])c1. The molecule has 1 aromatic carbocycles. The molecule has 1 unspecified atom stereocenters. The summed E-state index contributed by atoms with van der Waals surface area (Å²) in [4.78, 5) is 33.4. The van der Waals surface area contributed by atoms with Crippen molar-refractivity contribution >= 4 is 40.0 Å². The Kier molecular flexibility index (Phi) is 6.72. The van der Waals surface area contributed by atoms with Crippen LogP contribution >= 0.6 is 22.6 Å². The van der Waals surface area contributed by atoms with E-state index in [9.17, 15) is 24.8 Å². The lowest BCUT2D eigenvalue weighted by Crippen LogP contribution is -2.25. The van der Waals surface area contributed by atoms with Crippen molar-refractivity contribution in [2.45, 2.75) is 32.6 Å². The summed E-state index contributed by atoms with van der Waals surface area (Å²) in [5.74, 6) is -3.23. The summed E-state index contributed by atoms with van der Waals surface area (Å²) in [6.45, 7) is 1.90. The van der Waals surface area contributed by atoms with Gasteiger partial charge in [-0.25, -0.2) is 0 Å². The molecule has 0 fully saturated rings. The summed E-state index contributed by atoms with van der Waals surface area (Å²) in [7, 11) is 0. The number of hydrogen-bond acceptors (Lipinski definition) is 5. The van der Waals surface area contributed by atoms with Crippen molar-refractivity contribution in [3.05, 3.63) is 31.4 Å². The van der Waals surface area contributed by atoms with Crippen LogP contribution in [0.2, 0.25) is 0 Å². The van der Waals surface area contributed by atoms with Crippen LogP contribution < -0.4 is 0 Å². The second-order valence-corrected chi connectivity index (χ2v) is 6.04. The number of carboxylic acids is 1. The monoisotopic (exact) mass is 421 g/mol. The summed E-state index contributed by atoms with van der Waals surface area (Å²) in [6.07, 6.45) is 1.44. The van der Waals surface area contributed by atoms with Crippen LogP contribution in [0.5, 0.6) is 5.75 Å². The van der Waals surface area contributed by atoms with Gasteiger partial charge in [0, 0.05) is 12.5 Å². The van der Waals surface area contributed by atoms with Crippen LogP contribution in [0.4, 0.5) is 5.69 Å². The number of carbonyl (C=O) groups excluding carboxylic acids is 1. The van der Waals surface area contributed by atoms with Crippen molar-refractivity contribution in [1.82, 2.24) is 0 Å². The Bertz CT molecular complexity index is 601. The lowest BCUT2D eigenvalue weighted by Gasteiger charge is -2.11. The maximum atomic E-state index is 12.1. The first kappa shape index (κ1) is 18.3. The van der Waals surface area contributed by atoms with Gasteiger partial charge in [-0.2, -0.15) is 0 Å². The number of aromatic hydroxyl groups is 1. The Labute approximate surface area is 140 Å². The minimum atomic E-state index is -1.18. The third-order valence-corrected chi connectivity index (χ3v) is 4.03. The average molecular weight is 421 g/mol. The second-order valence-electron chi connectivity index (χ2n) is 4.88. The first-order chi connectivity index (χ1) is 10.3. The summed E-state index contributed by atoms with van der Waals surface area (Å²) in [6, 6.07) is 2.55. The zero-order valence-electron chi connectivity index (χ0n) is 11.9. The van der Waals surface area contributed by atoms with E-state index in [4.69, 9.17) is 5.11 Å². The Hall–Kier alpha value is -1.71. The number of Topliss-reactive ketones (excluding diaryl/α,β-unsaturated/α-hetero) is 1. The van der Waals surface area contributed by atoms with E-state index in [0.29, 0.717) is 12.0 Å². The maximum absolute atomic E-state index is 12.1. The maximum Gasteiger partial charge on any atom is 0.314 e. The second kappa shape index (κ2) is 8.06. The van der Waals surface area contributed by atoms with E-state index >= 15 is 0 Å². The number of nitro groups is 1. The number of phenols is 1. The van der Waals surface area contributed by atoms with Crippen LogP contribution in [0.15, 0.2) is 12.1 Å². The molecule has 7 nitrogen and oxygen atoms in total. The molecule has 0 saturated heterocycles. The highest BCUT2D eigenvalue weighted by Crippen LogP contribution is 2.32. The van der Waals surface area contributed by atoms with Crippen LogP contribution in [-0.4, -0.2) is 26.9 Å². The first-order valence-corrected chi connectivity index (χ1v) is 7.77. The van der Waals surface area contributed by atoms with Crippen molar-refractivity contribution in [2.75, 3.05) is 0 Å². The number of nitrogens with zero attached hydrogens (tertiary/aromatic N) is 1.